The smallest absolute Gasteiger partial charge is 0.251 e. The highest BCUT2D eigenvalue weighted by molar-refractivity contribution is 6.30. The van der Waals surface area contributed by atoms with Gasteiger partial charge in [0.1, 0.15) is 6.04 Å². The third kappa shape index (κ3) is 5.87. The van der Waals surface area contributed by atoms with Crippen molar-refractivity contribution >= 4 is 23.4 Å². The average Bonchev–Trinajstić information content (AvgIpc) is 2.89. The Morgan fingerprint density at radius 1 is 0.941 bits per heavy atom. The van der Waals surface area contributed by atoms with Crippen LogP contribution in [-0.2, 0) is 4.79 Å². The molecule has 5 heteroatoms. The lowest BCUT2D eigenvalue weighted by atomic mass is 9.89. The Hall–Kier alpha value is -3.11. The number of rotatable bonds is 7. The molecule has 1 aliphatic heterocycles. The molecule has 0 spiro atoms. The molecule has 34 heavy (non-hydrogen) atoms. The molecule has 3 aromatic carbocycles. The lowest BCUT2D eigenvalue weighted by molar-refractivity contribution is -0.134. The molecule has 1 fully saturated rings. The monoisotopic (exact) mass is 474 g/mol. The lowest BCUT2D eigenvalue weighted by Gasteiger charge is -2.34. The summed E-state index contributed by atoms with van der Waals surface area (Å²) in [4.78, 5) is 28.3. The van der Waals surface area contributed by atoms with Crippen LogP contribution in [-0.4, -0.2) is 35.8 Å². The topological polar surface area (TPSA) is 49.4 Å². The molecule has 2 amide bonds. The van der Waals surface area contributed by atoms with Gasteiger partial charge in [-0.1, -0.05) is 79.5 Å². The molecule has 1 aliphatic rings. The van der Waals surface area contributed by atoms with E-state index in [4.69, 9.17) is 11.6 Å². The third-order valence-electron chi connectivity index (χ3n) is 6.56. The van der Waals surface area contributed by atoms with Crippen LogP contribution in [0.25, 0.3) is 11.1 Å². The number of hydrogen-bond donors (Lipinski definition) is 1. The first-order chi connectivity index (χ1) is 16.5. The van der Waals surface area contributed by atoms with Gasteiger partial charge in [0, 0.05) is 23.7 Å². The zero-order valence-corrected chi connectivity index (χ0v) is 20.3. The predicted molar refractivity (Wildman–Crippen MR) is 138 cm³/mol. The van der Waals surface area contributed by atoms with E-state index in [1.165, 1.54) is 5.56 Å². The fourth-order valence-corrected chi connectivity index (χ4v) is 4.77. The molecule has 0 saturated carbocycles. The SMILES string of the molecule is CCC[C@@H](NC(=O)c1cccc(-c2ccccc2)c1)C(=O)N1CCC(c2ccc(Cl)cc2)CC1. The van der Waals surface area contributed by atoms with E-state index in [0.29, 0.717) is 31.0 Å². The second-order valence-corrected chi connectivity index (χ2v) is 9.35. The zero-order valence-electron chi connectivity index (χ0n) is 19.5. The van der Waals surface area contributed by atoms with E-state index in [1.807, 2.05) is 72.5 Å². The molecule has 0 aromatic heterocycles. The Labute approximate surface area is 206 Å². The van der Waals surface area contributed by atoms with Crippen LogP contribution in [0.3, 0.4) is 0 Å². The predicted octanol–water partition coefficient (Wildman–Crippen LogP) is 6.31. The number of nitrogens with zero attached hydrogens (tertiary/aromatic N) is 1. The molecular weight excluding hydrogens is 444 g/mol. The van der Waals surface area contributed by atoms with Gasteiger partial charge in [0.2, 0.25) is 5.91 Å². The highest BCUT2D eigenvalue weighted by Gasteiger charge is 2.29. The number of carbonyl (C=O) groups is 2. The van der Waals surface area contributed by atoms with Crippen LogP contribution in [0, 0.1) is 0 Å². The van der Waals surface area contributed by atoms with Crippen molar-refractivity contribution < 1.29 is 9.59 Å². The van der Waals surface area contributed by atoms with Crippen LogP contribution in [0.4, 0.5) is 0 Å². The van der Waals surface area contributed by atoms with Gasteiger partial charge in [-0.05, 0) is 66.1 Å². The molecule has 0 bridgehead atoms. The Morgan fingerprint density at radius 2 is 1.62 bits per heavy atom. The minimum atomic E-state index is -0.509. The van der Waals surface area contributed by atoms with Crippen molar-refractivity contribution in [2.75, 3.05) is 13.1 Å². The summed E-state index contributed by atoms with van der Waals surface area (Å²) in [7, 11) is 0. The van der Waals surface area contributed by atoms with Gasteiger partial charge in [-0.15, -0.1) is 0 Å². The minimum absolute atomic E-state index is 0.0176. The quantitative estimate of drug-likeness (QED) is 0.436. The van der Waals surface area contributed by atoms with Crippen molar-refractivity contribution in [1.82, 2.24) is 10.2 Å². The molecular formula is C29H31ClN2O2. The van der Waals surface area contributed by atoms with Gasteiger partial charge in [-0.2, -0.15) is 0 Å². The first-order valence-corrected chi connectivity index (χ1v) is 12.4. The largest absolute Gasteiger partial charge is 0.341 e. The molecule has 1 saturated heterocycles. The van der Waals surface area contributed by atoms with Crippen molar-refractivity contribution in [2.24, 2.45) is 0 Å². The Bertz CT molecular complexity index is 1110. The molecule has 4 nitrogen and oxygen atoms in total. The maximum absolute atomic E-state index is 13.3. The summed E-state index contributed by atoms with van der Waals surface area (Å²) in [6.07, 6.45) is 3.28. The second kappa shape index (κ2) is 11.3. The summed E-state index contributed by atoms with van der Waals surface area (Å²) in [5.41, 5.74) is 3.88. The fourth-order valence-electron chi connectivity index (χ4n) is 4.65. The third-order valence-corrected chi connectivity index (χ3v) is 6.81. The molecule has 1 atom stereocenters. The van der Waals surface area contributed by atoms with Crippen LogP contribution in [0.1, 0.15) is 54.4 Å². The summed E-state index contributed by atoms with van der Waals surface area (Å²) < 4.78 is 0. The summed E-state index contributed by atoms with van der Waals surface area (Å²) in [5, 5.41) is 3.75. The van der Waals surface area contributed by atoms with Crippen LogP contribution >= 0.6 is 11.6 Å². The molecule has 176 valence electrons. The second-order valence-electron chi connectivity index (χ2n) is 8.91. The first-order valence-electron chi connectivity index (χ1n) is 12.1. The maximum Gasteiger partial charge on any atom is 0.251 e. The number of benzene rings is 3. The van der Waals surface area contributed by atoms with Crippen LogP contribution in [0.5, 0.6) is 0 Å². The van der Waals surface area contributed by atoms with Gasteiger partial charge >= 0.3 is 0 Å². The summed E-state index contributed by atoms with van der Waals surface area (Å²) >= 11 is 6.02. The van der Waals surface area contributed by atoms with Crippen molar-refractivity contribution in [3.8, 4) is 11.1 Å². The van der Waals surface area contributed by atoms with Gasteiger partial charge in [0.15, 0.2) is 0 Å². The van der Waals surface area contributed by atoms with E-state index < -0.39 is 6.04 Å². The normalized spacial score (nSPS) is 15.1. The van der Waals surface area contributed by atoms with Crippen molar-refractivity contribution in [2.45, 2.75) is 44.6 Å². The lowest BCUT2D eigenvalue weighted by Crippen LogP contribution is -2.50. The number of likely N-dealkylation sites (tertiary alicyclic amines) is 1. The van der Waals surface area contributed by atoms with E-state index in [1.54, 1.807) is 6.07 Å². The van der Waals surface area contributed by atoms with Crippen LogP contribution < -0.4 is 5.32 Å². The molecule has 3 aromatic rings. The van der Waals surface area contributed by atoms with Crippen molar-refractivity contribution in [1.29, 1.82) is 0 Å². The maximum atomic E-state index is 13.3. The molecule has 1 heterocycles. The van der Waals surface area contributed by atoms with Gasteiger partial charge in [0.05, 0.1) is 0 Å². The Morgan fingerprint density at radius 3 is 2.29 bits per heavy atom. The van der Waals surface area contributed by atoms with Gasteiger partial charge in [-0.3, -0.25) is 9.59 Å². The van der Waals surface area contributed by atoms with Gasteiger partial charge in [-0.25, -0.2) is 0 Å². The van der Waals surface area contributed by atoms with Crippen molar-refractivity contribution in [3.63, 3.8) is 0 Å². The number of hydrogen-bond acceptors (Lipinski definition) is 2. The summed E-state index contributed by atoms with van der Waals surface area (Å²) in [6, 6.07) is 25.0. The fraction of sp³-hybridized carbons (Fsp3) is 0.310. The number of piperidine rings is 1. The summed E-state index contributed by atoms with van der Waals surface area (Å²) in [5.74, 6) is 0.242. The number of halogens is 1. The molecule has 1 N–H and O–H groups in total. The molecule has 0 aliphatic carbocycles. The highest BCUT2D eigenvalue weighted by Crippen LogP contribution is 2.29. The first kappa shape index (κ1) is 24.0. The van der Waals surface area contributed by atoms with E-state index in [2.05, 4.69) is 17.4 Å². The Balaban J connectivity index is 1.40. The van der Waals surface area contributed by atoms with E-state index >= 15 is 0 Å². The minimum Gasteiger partial charge on any atom is -0.341 e. The van der Waals surface area contributed by atoms with Crippen molar-refractivity contribution in [3.05, 3.63) is 95.0 Å². The van der Waals surface area contributed by atoms with Gasteiger partial charge < -0.3 is 10.2 Å². The van der Waals surface area contributed by atoms with Crippen LogP contribution in [0.15, 0.2) is 78.9 Å². The highest BCUT2D eigenvalue weighted by atomic mass is 35.5. The molecule has 0 unspecified atom stereocenters. The zero-order chi connectivity index (χ0) is 23.9. The number of carbonyl (C=O) groups excluding carboxylic acids is 2. The number of nitrogens with one attached hydrogen (secondary N) is 1. The number of amides is 2. The Kier molecular flexibility index (Phi) is 8.02. The summed E-state index contributed by atoms with van der Waals surface area (Å²) in [6.45, 7) is 3.44. The van der Waals surface area contributed by atoms with E-state index in [-0.39, 0.29) is 11.8 Å². The molecule has 0 radical (unpaired) electrons. The standard InChI is InChI=1S/C29H31ClN2O2/c1-2-7-27(29(34)32-18-16-23(17-19-32)22-12-14-26(30)15-13-22)31-28(33)25-11-6-10-24(20-25)21-8-4-3-5-9-21/h3-6,8-15,20,23,27H,2,7,16-19H2,1H3,(H,31,33)/t27-/m1/s1. The van der Waals surface area contributed by atoms with Crippen LogP contribution in [0.2, 0.25) is 5.02 Å². The van der Waals surface area contributed by atoms with E-state index in [0.717, 1.165) is 35.4 Å². The average molecular weight is 475 g/mol. The van der Waals surface area contributed by atoms with E-state index in [9.17, 15) is 9.59 Å². The molecule has 4 rings (SSSR count). The van der Waals surface area contributed by atoms with Gasteiger partial charge in [0.25, 0.3) is 5.91 Å².